The van der Waals surface area contributed by atoms with Crippen LogP contribution in [-0.4, -0.2) is 43.4 Å². The molecule has 7 nitrogen and oxygen atoms in total. The van der Waals surface area contributed by atoms with Crippen molar-refractivity contribution in [2.45, 2.75) is 62.0 Å². The van der Waals surface area contributed by atoms with Gasteiger partial charge in [0.25, 0.3) is 5.91 Å². The van der Waals surface area contributed by atoms with E-state index < -0.39 is 15.7 Å². The molecule has 28 heavy (non-hydrogen) atoms. The normalized spacial score (nSPS) is 21.1. The molecule has 2 aliphatic heterocycles. The Hall–Kier alpha value is -2.24. The lowest BCUT2D eigenvalue weighted by Gasteiger charge is -2.32. The van der Waals surface area contributed by atoms with Crippen molar-refractivity contribution in [1.82, 2.24) is 9.62 Å². The zero-order chi connectivity index (χ0) is 20.2. The zero-order valence-electron chi connectivity index (χ0n) is 16.1. The van der Waals surface area contributed by atoms with Crippen LogP contribution < -0.4 is 5.32 Å². The second-order valence-corrected chi connectivity index (χ2v) is 9.27. The van der Waals surface area contributed by atoms with Gasteiger partial charge in [-0.15, -0.1) is 12.3 Å². The van der Waals surface area contributed by atoms with Crippen LogP contribution in [0.4, 0.5) is 0 Å². The highest BCUT2D eigenvalue weighted by Crippen LogP contribution is 2.36. The number of terminal acetylenes is 1. The van der Waals surface area contributed by atoms with Crippen molar-refractivity contribution in [3.63, 3.8) is 0 Å². The minimum atomic E-state index is -3.61. The monoisotopic (exact) mass is 402 g/mol. The predicted molar refractivity (Wildman–Crippen MR) is 106 cm³/mol. The molecule has 0 aromatic heterocycles. The molecule has 0 radical (unpaired) electrons. The first-order valence-corrected chi connectivity index (χ1v) is 11.1. The Balaban J connectivity index is 1.62. The highest BCUT2D eigenvalue weighted by Gasteiger charge is 2.38. The molecule has 0 bridgehead atoms. The molecular formula is C20H26N4O3S. The molecule has 3 rings (SSSR count). The average Bonchev–Trinajstić information content (AvgIpc) is 3.46. The van der Waals surface area contributed by atoms with Crippen LogP contribution in [0.15, 0.2) is 39.4 Å². The molecule has 2 aliphatic rings. The van der Waals surface area contributed by atoms with E-state index in [4.69, 9.17) is 6.42 Å². The van der Waals surface area contributed by atoms with Gasteiger partial charge in [-0.25, -0.2) is 8.42 Å². The number of carbonyl (C=O) groups excluding carboxylic acids is 1. The first-order chi connectivity index (χ1) is 13.4. The smallest absolute Gasteiger partial charge is 0.251 e. The van der Waals surface area contributed by atoms with Crippen LogP contribution in [0.1, 0.15) is 55.8 Å². The van der Waals surface area contributed by atoms with E-state index in [1.165, 1.54) is 6.07 Å². The Morgan fingerprint density at radius 1 is 1.36 bits per heavy atom. The topological polar surface area (TPSA) is 91.2 Å². The Morgan fingerprint density at radius 2 is 2.14 bits per heavy atom. The summed E-state index contributed by atoms with van der Waals surface area (Å²) in [6, 6.07) is 6.20. The molecule has 0 aliphatic carbocycles. The number of carbonyl (C=O) groups is 1. The standard InChI is InChI=1S/C20H26N4O3S/c1-3-4-11-20(22-23-20)12-13-21-19(25)17-9-7-10-18(15-17)28(26,27)24-14-6-5-8-16(24)2/h1,7,9-10,15-16H,4-6,8,11-14H2,2H3,(H,21,25). The molecule has 0 spiro atoms. The second kappa shape index (κ2) is 8.41. The zero-order valence-corrected chi connectivity index (χ0v) is 16.9. The molecule has 1 amide bonds. The second-order valence-electron chi connectivity index (χ2n) is 7.38. The fraction of sp³-hybridized carbons (Fsp3) is 0.550. The Kier molecular flexibility index (Phi) is 6.16. The summed E-state index contributed by atoms with van der Waals surface area (Å²) in [4.78, 5) is 12.6. The lowest BCUT2D eigenvalue weighted by atomic mass is 10.0. The summed E-state index contributed by atoms with van der Waals surface area (Å²) in [6.07, 6.45) is 9.89. The number of nitrogens with zero attached hydrogens (tertiary/aromatic N) is 3. The highest BCUT2D eigenvalue weighted by molar-refractivity contribution is 7.89. The van der Waals surface area contributed by atoms with Gasteiger partial charge in [0, 0.05) is 44.0 Å². The maximum Gasteiger partial charge on any atom is 0.251 e. The number of nitrogens with one attached hydrogen (secondary N) is 1. The average molecular weight is 403 g/mol. The van der Waals surface area contributed by atoms with Crippen molar-refractivity contribution in [2.24, 2.45) is 10.2 Å². The molecule has 8 heteroatoms. The molecule has 150 valence electrons. The number of hydrogen-bond donors (Lipinski definition) is 1. The van der Waals surface area contributed by atoms with E-state index in [1.54, 1.807) is 22.5 Å². The fourth-order valence-corrected chi connectivity index (χ4v) is 5.25. The first-order valence-electron chi connectivity index (χ1n) is 9.66. The number of hydrogen-bond acceptors (Lipinski definition) is 5. The number of piperidine rings is 1. The first kappa shape index (κ1) is 20.5. The molecule has 1 N–H and O–H groups in total. The lowest BCUT2D eigenvalue weighted by molar-refractivity contribution is 0.0951. The van der Waals surface area contributed by atoms with Gasteiger partial charge < -0.3 is 5.32 Å². The van der Waals surface area contributed by atoms with E-state index in [1.807, 2.05) is 6.92 Å². The summed E-state index contributed by atoms with van der Waals surface area (Å²) in [6.45, 7) is 2.85. The molecular weight excluding hydrogens is 376 g/mol. The third-order valence-corrected chi connectivity index (χ3v) is 7.32. The maximum absolute atomic E-state index is 13.0. The van der Waals surface area contributed by atoms with E-state index in [0.29, 0.717) is 37.9 Å². The number of amides is 1. The summed E-state index contributed by atoms with van der Waals surface area (Å²) in [7, 11) is -3.61. The van der Waals surface area contributed by atoms with Crippen molar-refractivity contribution in [3.05, 3.63) is 29.8 Å². The molecule has 1 unspecified atom stereocenters. The molecule has 1 saturated heterocycles. The van der Waals surface area contributed by atoms with E-state index >= 15 is 0 Å². The van der Waals surface area contributed by atoms with Gasteiger partial charge in [-0.2, -0.15) is 14.5 Å². The van der Waals surface area contributed by atoms with Crippen molar-refractivity contribution >= 4 is 15.9 Å². The van der Waals surface area contributed by atoms with Gasteiger partial charge in [0.1, 0.15) is 0 Å². The third-order valence-electron chi connectivity index (χ3n) is 5.31. The molecule has 1 fully saturated rings. The van der Waals surface area contributed by atoms with Crippen LogP contribution in [0, 0.1) is 12.3 Å². The van der Waals surface area contributed by atoms with Crippen molar-refractivity contribution in [2.75, 3.05) is 13.1 Å². The minimum Gasteiger partial charge on any atom is -0.352 e. The molecule has 1 atom stereocenters. The van der Waals surface area contributed by atoms with Gasteiger partial charge in [0.2, 0.25) is 10.0 Å². The van der Waals surface area contributed by atoms with Crippen LogP contribution in [-0.2, 0) is 10.0 Å². The van der Waals surface area contributed by atoms with E-state index in [-0.39, 0.29) is 16.8 Å². The number of rotatable bonds is 8. The number of benzene rings is 1. The summed E-state index contributed by atoms with van der Waals surface area (Å²) in [5.41, 5.74) is -0.122. The van der Waals surface area contributed by atoms with Crippen LogP contribution >= 0.6 is 0 Å². The molecule has 0 saturated carbocycles. The molecule has 1 aromatic carbocycles. The van der Waals surface area contributed by atoms with Gasteiger partial charge in [0.05, 0.1) is 4.90 Å². The third kappa shape index (κ3) is 4.59. The number of sulfonamides is 1. The molecule has 1 aromatic rings. The SMILES string of the molecule is C#CCCC1(CCNC(=O)c2cccc(S(=O)(=O)N3CCCCC3C)c2)N=N1. The minimum absolute atomic E-state index is 0.0264. The highest BCUT2D eigenvalue weighted by atomic mass is 32.2. The summed E-state index contributed by atoms with van der Waals surface area (Å²) >= 11 is 0. The van der Waals surface area contributed by atoms with Crippen LogP contribution in [0.5, 0.6) is 0 Å². The Bertz CT molecular complexity index is 898. The Morgan fingerprint density at radius 3 is 2.82 bits per heavy atom. The van der Waals surface area contributed by atoms with Gasteiger partial charge in [-0.1, -0.05) is 12.5 Å². The maximum atomic E-state index is 13.0. The van der Waals surface area contributed by atoms with Crippen molar-refractivity contribution in [1.29, 1.82) is 0 Å². The largest absolute Gasteiger partial charge is 0.352 e. The summed E-state index contributed by atoms with van der Waals surface area (Å²) < 4.78 is 27.5. The van der Waals surface area contributed by atoms with E-state index in [0.717, 1.165) is 19.3 Å². The van der Waals surface area contributed by atoms with Gasteiger partial charge >= 0.3 is 0 Å². The van der Waals surface area contributed by atoms with Crippen LogP contribution in [0.3, 0.4) is 0 Å². The van der Waals surface area contributed by atoms with Crippen molar-refractivity contribution in [3.8, 4) is 12.3 Å². The van der Waals surface area contributed by atoms with E-state index in [2.05, 4.69) is 21.5 Å². The van der Waals surface area contributed by atoms with Crippen LogP contribution in [0.2, 0.25) is 0 Å². The van der Waals surface area contributed by atoms with Gasteiger partial charge in [-0.05, 0) is 38.0 Å². The van der Waals surface area contributed by atoms with Gasteiger partial charge in [-0.3, -0.25) is 4.79 Å². The fourth-order valence-electron chi connectivity index (χ4n) is 3.51. The van der Waals surface area contributed by atoms with Gasteiger partial charge in [0.15, 0.2) is 5.66 Å². The van der Waals surface area contributed by atoms with Crippen LogP contribution in [0.25, 0.3) is 0 Å². The lowest BCUT2D eigenvalue weighted by Crippen LogP contribution is -2.42. The summed E-state index contributed by atoms with van der Waals surface area (Å²) in [5, 5.41) is 10.9. The predicted octanol–water partition coefficient (Wildman–Crippen LogP) is 2.95. The van der Waals surface area contributed by atoms with Crippen molar-refractivity contribution < 1.29 is 13.2 Å². The summed E-state index contributed by atoms with van der Waals surface area (Å²) in [5.74, 6) is 2.26. The Labute approximate surface area is 166 Å². The molecule has 2 heterocycles. The van der Waals surface area contributed by atoms with E-state index in [9.17, 15) is 13.2 Å². The quantitative estimate of drug-likeness (QED) is 0.678.